The lowest BCUT2D eigenvalue weighted by Crippen LogP contribution is -2.12. The topological polar surface area (TPSA) is 71.4 Å². The van der Waals surface area contributed by atoms with Crippen molar-refractivity contribution in [1.82, 2.24) is 0 Å². The monoisotopic (exact) mass is 280 g/mol. The molecule has 0 bridgehead atoms. The summed E-state index contributed by atoms with van der Waals surface area (Å²) >= 11 is 1.69. The van der Waals surface area contributed by atoms with Crippen LogP contribution in [0.1, 0.15) is 32.6 Å². The number of thioether (sulfide) groups is 1. The van der Waals surface area contributed by atoms with Crippen LogP contribution in [0.5, 0.6) is 0 Å². The van der Waals surface area contributed by atoms with Crippen LogP contribution in [0.4, 0.5) is 0 Å². The van der Waals surface area contributed by atoms with Crippen molar-refractivity contribution in [3.05, 3.63) is 0 Å². The number of carbonyl (C=O) groups is 1. The molecule has 1 rings (SSSR count). The summed E-state index contributed by atoms with van der Waals surface area (Å²) in [5, 5.41) is 8.74. The Morgan fingerprint density at radius 2 is 2.06 bits per heavy atom. The summed E-state index contributed by atoms with van der Waals surface area (Å²) in [7, 11) is -2.85. The van der Waals surface area contributed by atoms with Gasteiger partial charge in [0.2, 0.25) is 0 Å². The molecule has 0 saturated heterocycles. The van der Waals surface area contributed by atoms with Crippen LogP contribution in [0.3, 0.4) is 0 Å². The second-order valence-electron chi connectivity index (χ2n) is 4.71. The maximum absolute atomic E-state index is 11.2. The van der Waals surface area contributed by atoms with Crippen molar-refractivity contribution in [1.29, 1.82) is 0 Å². The molecule has 1 fully saturated rings. The number of rotatable bonds is 9. The first kappa shape index (κ1) is 14.8. The van der Waals surface area contributed by atoms with Crippen LogP contribution in [0, 0.1) is 5.41 Å². The fraction of sp³-hybridized carbons (Fsp3) is 0.909. The van der Waals surface area contributed by atoms with E-state index in [1.165, 1.54) is 0 Å². The molecule has 0 heterocycles. The highest BCUT2D eigenvalue weighted by molar-refractivity contribution is 7.99. The normalized spacial score (nSPS) is 17.9. The highest BCUT2D eigenvalue weighted by atomic mass is 32.2. The molecule has 17 heavy (non-hydrogen) atoms. The van der Waals surface area contributed by atoms with Crippen molar-refractivity contribution < 1.29 is 18.3 Å². The molecule has 1 saturated carbocycles. The van der Waals surface area contributed by atoms with Crippen LogP contribution in [-0.2, 0) is 14.6 Å². The molecule has 0 unspecified atom stereocenters. The summed E-state index contributed by atoms with van der Waals surface area (Å²) in [5.74, 6) is 1.39. The fourth-order valence-electron chi connectivity index (χ4n) is 1.68. The van der Waals surface area contributed by atoms with Gasteiger partial charge in [0, 0.05) is 5.75 Å². The lowest BCUT2D eigenvalue weighted by molar-refractivity contribution is -0.138. The summed E-state index contributed by atoms with van der Waals surface area (Å²) in [4.78, 5) is 10.6. The second kappa shape index (κ2) is 6.09. The van der Waals surface area contributed by atoms with Gasteiger partial charge in [-0.3, -0.25) is 4.79 Å². The van der Waals surface area contributed by atoms with Gasteiger partial charge in [-0.2, -0.15) is 11.8 Å². The van der Waals surface area contributed by atoms with E-state index in [9.17, 15) is 13.2 Å². The van der Waals surface area contributed by atoms with Gasteiger partial charge in [-0.25, -0.2) is 8.42 Å². The molecule has 0 aromatic rings. The van der Waals surface area contributed by atoms with Crippen LogP contribution < -0.4 is 0 Å². The summed E-state index contributed by atoms with van der Waals surface area (Å²) < 4.78 is 22.5. The largest absolute Gasteiger partial charge is 0.481 e. The Kier molecular flexibility index (Phi) is 5.31. The molecule has 0 amide bonds. The van der Waals surface area contributed by atoms with E-state index in [4.69, 9.17) is 5.11 Å². The predicted molar refractivity (Wildman–Crippen MR) is 70.2 cm³/mol. The molecule has 1 N–H and O–H groups in total. The molecule has 0 radical (unpaired) electrons. The lowest BCUT2D eigenvalue weighted by atomic mass is 10.1. The van der Waals surface area contributed by atoms with Crippen LogP contribution in [-0.4, -0.2) is 42.5 Å². The fourth-order valence-corrected chi connectivity index (χ4v) is 4.06. The van der Waals surface area contributed by atoms with E-state index in [0.717, 1.165) is 24.3 Å². The maximum atomic E-state index is 11.2. The Balaban J connectivity index is 2.11. The van der Waals surface area contributed by atoms with Gasteiger partial charge in [0.25, 0.3) is 0 Å². The van der Waals surface area contributed by atoms with E-state index >= 15 is 0 Å². The molecular weight excluding hydrogens is 260 g/mol. The van der Waals surface area contributed by atoms with Gasteiger partial charge in [0.05, 0.1) is 12.2 Å². The lowest BCUT2D eigenvalue weighted by Gasteiger charge is -2.11. The van der Waals surface area contributed by atoms with Crippen LogP contribution in [0.2, 0.25) is 0 Å². The Morgan fingerprint density at radius 3 is 2.53 bits per heavy atom. The number of hydrogen-bond acceptors (Lipinski definition) is 4. The second-order valence-corrected chi connectivity index (χ2v) is 8.29. The summed E-state index contributed by atoms with van der Waals surface area (Å²) in [6.07, 6.45) is 2.93. The Bertz CT molecular complexity index is 358. The van der Waals surface area contributed by atoms with Gasteiger partial charge >= 0.3 is 5.97 Å². The smallest absolute Gasteiger partial charge is 0.303 e. The molecule has 100 valence electrons. The highest BCUT2D eigenvalue weighted by Crippen LogP contribution is 2.51. The third-order valence-corrected chi connectivity index (χ3v) is 6.26. The Hall–Kier alpha value is -0.230. The van der Waals surface area contributed by atoms with Crippen LogP contribution in [0.15, 0.2) is 0 Å². The first-order valence-corrected chi connectivity index (χ1v) is 8.87. The first-order valence-electron chi connectivity index (χ1n) is 5.89. The minimum absolute atomic E-state index is 0.0140. The molecule has 4 nitrogen and oxygen atoms in total. The molecule has 1 aliphatic carbocycles. The number of carboxylic acid groups (broad SMARTS) is 1. The van der Waals surface area contributed by atoms with Crippen molar-refractivity contribution in [2.45, 2.75) is 32.6 Å². The van der Waals surface area contributed by atoms with Crippen LogP contribution >= 0.6 is 11.8 Å². The standard InChI is InChI=1S/C11H20O4S2/c1-2-17(14,15)7-3-6-16-9-11(4-5-11)8-10(12)13/h2-9H2,1H3,(H,12,13). The van der Waals surface area contributed by atoms with E-state index in [1.807, 2.05) is 0 Å². The number of sulfone groups is 1. The summed E-state index contributed by atoms with van der Waals surface area (Å²) in [5.41, 5.74) is 0.0140. The quantitative estimate of drug-likeness (QED) is 0.652. The van der Waals surface area contributed by atoms with E-state index in [-0.39, 0.29) is 23.3 Å². The zero-order valence-corrected chi connectivity index (χ0v) is 11.8. The number of carboxylic acids is 1. The average Bonchev–Trinajstić information content (AvgIpc) is 2.96. The van der Waals surface area contributed by atoms with Crippen molar-refractivity contribution in [2.75, 3.05) is 23.0 Å². The first-order chi connectivity index (χ1) is 7.89. The SMILES string of the molecule is CCS(=O)(=O)CCCSCC1(CC(=O)O)CC1. The van der Waals surface area contributed by atoms with Crippen molar-refractivity contribution in [3.63, 3.8) is 0 Å². The molecule has 0 aromatic heterocycles. The number of hydrogen-bond donors (Lipinski definition) is 1. The van der Waals surface area contributed by atoms with Gasteiger partial charge in [-0.15, -0.1) is 0 Å². The Morgan fingerprint density at radius 1 is 1.41 bits per heavy atom. The Labute approximate surface area is 107 Å². The third-order valence-electron chi connectivity index (χ3n) is 3.08. The number of aliphatic carboxylic acids is 1. The van der Waals surface area contributed by atoms with Crippen molar-refractivity contribution in [3.8, 4) is 0 Å². The van der Waals surface area contributed by atoms with E-state index in [2.05, 4.69) is 0 Å². The average molecular weight is 280 g/mol. The predicted octanol–water partition coefficient (Wildman–Crippen LogP) is 1.80. The molecule has 0 aromatic carbocycles. The molecule has 1 aliphatic rings. The molecule has 0 spiro atoms. The molecule has 0 atom stereocenters. The minimum Gasteiger partial charge on any atom is -0.481 e. The van der Waals surface area contributed by atoms with Crippen molar-refractivity contribution in [2.24, 2.45) is 5.41 Å². The highest BCUT2D eigenvalue weighted by Gasteiger charge is 2.43. The van der Waals surface area contributed by atoms with Crippen molar-refractivity contribution >= 4 is 27.6 Å². The summed E-state index contributed by atoms with van der Waals surface area (Å²) in [6.45, 7) is 1.66. The van der Waals surface area contributed by atoms with Crippen LogP contribution in [0.25, 0.3) is 0 Å². The van der Waals surface area contributed by atoms with Gasteiger partial charge in [-0.1, -0.05) is 6.92 Å². The third kappa shape index (κ3) is 5.77. The van der Waals surface area contributed by atoms with Gasteiger partial charge in [-0.05, 0) is 36.2 Å². The van der Waals surface area contributed by atoms with E-state index < -0.39 is 15.8 Å². The summed E-state index contributed by atoms with van der Waals surface area (Å²) in [6, 6.07) is 0. The van der Waals surface area contributed by atoms with Gasteiger partial charge in [0.15, 0.2) is 0 Å². The zero-order valence-electron chi connectivity index (χ0n) is 10.1. The molecular formula is C11H20O4S2. The van der Waals surface area contributed by atoms with E-state index in [0.29, 0.717) is 6.42 Å². The maximum Gasteiger partial charge on any atom is 0.303 e. The van der Waals surface area contributed by atoms with Gasteiger partial charge in [0.1, 0.15) is 9.84 Å². The minimum atomic E-state index is -2.85. The molecule has 0 aliphatic heterocycles. The molecule has 6 heteroatoms. The zero-order chi connectivity index (χ0) is 12.9. The van der Waals surface area contributed by atoms with Gasteiger partial charge < -0.3 is 5.11 Å². The van der Waals surface area contributed by atoms with E-state index in [1.54, 1.807) is 18.7 Å².